The van der Waals surface area contributed by atoms with Gasteiger partial charge in [0, 0.05) is 11.2 Å². The van der Waals surface area contributed by atoms with Gasteiger partial charge in [-0.2, -0.15) is 0 Å². The molecule has 0 N–H and O–H groups in total. The molecule has 82 valence electrons. The molecule has 1 heterocycles. The van der Waals surface area contributed by atoms with Gasteiger partial charge in [0.2, 0.25) is 5.88 Å². The number of aromatic nitrogens is 2. The summed E-state index contributed by atoms with van der Waals surface area (Å²) in [4.78, 5) is 7.94. The highest BCUT2D eigenvalue weighted by atomic mass is 127. The molecular formula is C11H8ClIN2O. The molecule has 1 aromatic carbocycles. The fourth-order valence-electron chi connectivity index (χ4n) is 1.14. The number of hydrogen-bond acceptors (Lipinski definition) is 3. The van der Waals surface area contributed by atoms with Crippen LogP contribution in [0.4, 0.5) is 0 Å². The molecule has 0 radical (unpaired) electrons. The van der Waals surface area contributed by atoms with Crippen LogP contribution in [0.5, 0.6) is 5.88 Å². The van der Waals surface area contributed by atoms with Crippen LogP contribution in [0.1, 0.15) is 5.56 Å². The Morgan fingerprint density at radius 3 is 2.69 bits per heavy atom. The van der Waals surface area contributed by atoms with Crippen molar-refractivity contribution in [3.05, 3.63) is 50.9 Å². The summed E-state index contributed by atoms with van der Waals surface area (Å²) in [5.41, 5.74) is 1.05. The third-order valence-corrected chi connectivity index (χ3v) is 2.91. The standard InChI is InChI=1S/C11H8ClIN2O/c12-9-3-1-8(2-4-9)6-16-11-10(13)5-14-7-15-11/h1-5,7H,6H2. The number of ether oxygens (including phenoxy) is 1. The molecule has 0 unspecified atom stereocenters. The molecule has 0 atom stereocenters. The van der Waals surface area contributed by atoms with Crippen LogP contribution in [0.3, 0.4) is 0 Å². The molecule has 0 bridgehead atoms. The first kappa shape index (κ1) is 11.6. The zero-order chi connectivity index (χ0) is 11.4. The zero-order valence-corrected chi connectivity index (χ0v) is 11.1. The van der Waals surface area contributed by atoms with Gasteiger partial charge in [-0.25, -0.2) is 9.97 Å². The van der Waals surface area contributed by atoms with E-state index in [1.54, 1.807) is 6.20 Å². The molecule has 3 nitrogen and oxygen atoms in total. The zero-order valence-electron chi connectivity index (χ0n) is 8.23. The number of hydrogen-bond donors (Lipinski definition) is 0. The molecule has 0 saturated carbocycles. The monoisotopic (exact) mass is 346 g/mol. The molecule has 0 aliphatic rings. The summed E-state index contributed by atoms with van der Waals surface area (Å²) in [6.45, 7) is 0.476. The minimum Gasteiger partial charge on any atom is -0.472 e. The summed E-state index contributed by atoms with van der Waals surface area (Å²) >= 11 is 7.93. The summed E-state index contributed by atoms with van der Waals surface area (Å²) < 4.78 is 6.46. The van der Waals surface area contributed by atoms with E-state index in [0.29, 0.717) is 12.5 Å². The van der Waals surface area contributed by atoms with Crippen LogP contribution in [-0.4, -0.2) is 9.97 Å². The average molecular weight is 347 g/mol. The molecule has 2 aromatic rings. The predicted molar refractivity (Wildman–Crippen MR) is 70.5 cm³/mol. The summed E-state index contributed by atoms with van der Waals surface area (Å²) in [6, 6.07) is 7.53. The van der Waals surface area contributed by atoms with Crippen molar-refractivity contribution >= 4 is 34.2 Å². The van der Waals surface area contributed by atoms with E-state index in [4.69, 9.17) is 16.3 Å². The van der Waals surface area contributed by atoms with Crippen LogP contribution in [0.15, 0.2) is 36.8 Å². The number of nitrogens with zero attached hydrogens (tertiary/aromatic N) is 2. The summed E-state index contributed by atoms with van der Waals surface area (Å²) in [7, 11) is 0. The normalized spacial score (nSPS) is 10.1. The Morgan fingerprint density at radius 1 is 1.25 bits per heavy atom. The highest BCUT2D eigenvalue weighted by Crippen LogP contribution is 2.17. The lowest BCUT2D eigenvalue weighted by molar-refractivity contribution is 0.291. The van der Waals surface area contributed by atoms with E-state index in [0.717, 1.165) is 14.2 Å². The number of rotatable bonds is 3. The fourth-order valence-corrected chi connectivity index (χ4v) is 1.72. The van der Waals surface area contributed by atoms with E-state index >= 15 is 0 Å². The molecular weight excluding hydrogens is 338 g/mol. The summed E-state index contributed by atoms with van der Waals surface area (Å²) in [5, 5.41) is 0.723. The lowest BCUT2D eigenvalue weighted by Gasteiger charge is -2.06. The molecule has 1 aromatic heterocycles. The Morgan fingerprint density at radius 2 is 2.00 bits per heavy atom. The van der Waals surface area contributed by atoms with Crippen molar-refractivity contribution in [3.8, 4) is 5.88 Å². The van der Waals surface area contributed by atoms with Crippen LogP contribution in [0.25, 0.3) is 0 Å². The SMILES string of the molecule is Clc1ccc(COc2ncncc2I)cc1. The fraction of sp³-hybridized carbons (Fsp3) is 0.0909. The maximum atomic E-state index is 5.79. The Hall–Kier alpha value is -0.880. The minimum atomic E-state index is 0.476. The second-order valence-electron chi connectivity index (χ2n) is 3.09. The third-order valence-electron chi connectivity index (χ3n) is 1.92. The lowest BCUT2D eigenvalue weighted by Crippen LogP contribution is -1.99. The van der Waals surface area contributed by atoms with E-state index in [-0.39, 0.29) is 0 Å². The molecule has 0 aliphatic carbocycles. The maximum absolute atomic E-state index is 5.79. The molecule has 5 heteroatoms. The van der Waals surface area contributed by atoms with Crippen LogP contribution >= 0.6 is 34.2 Å². The van der Waals surface area contributed by atoms with Gasteiger partial charge in [0.15, 0.2) is 0 Å². The first-order valence-electron chi connectivity index (χ1n) is 4.58. The van der Waals surface area contributed by atoms with Crippen LogP contribution in [0, 0.1) is 3.57 Å². The molecule has 2 rings (SSSR count). The van der Waals surface area contributed by atoms with Crippen molar-refractivity contribution in [1.29, 1.82) is 0 Å². The van der Waals surface area contributed by atoms with Gasteiger partial charge in [0.05, 0.1) is 3.57 Å². The Balaban J connectivity index is 2.02. The smallest absolute Gasteiger partial charge is 0.230 e. The number of halogens is 2. The molecule has 0 aliphatic heterocycles. The second-order valence-corrected chi connectivity index (χ2v) is 4.69. The van der Waals surface area contributed by atoms with E-state index in [1.807, 2.05) is 24.3 Å². The highest BCUT2D eigenvalue weighted by Gasteiger charge is 2.02. The van der Waals surface area contributed by atoms with Crippen LogP contribution < -0.4 is 4.74 Å². The van der Waals surface area contributed by atoms with Gasteiger partial charge in [-0.1, -0.05) is 23.7 Å². The van der Waals surface area contributed by atoms with Crippen molar-refractivity contribution in [2.75, 3.05) is 0 Å². The highest BCUT2D eigenvalue weighted by molar-refractivity contribution is 14.1. The quantitative estimate of drug-likeness (QED) is 0.800. The third kappa shape index (κ3) is 3.05. The maximum Gasteiger partial charge on any atom is 0.230 e. The first-order valence-corrected chi connectivity index (χ1v) is 6.04. The Kier molecular flexibility index (Phi) is 3.95. The Bertz CT molecular complexity index is 476. The van der Waals surface area contributed by atoms with Gasteiger partial charge in [-0.15, -0.1) is 0 Å². The van der Waals surface area contributed by atoms with Crippen molar-refractivity contribution in [3.63, 3.8) is 0 Å². The molecule has 0 amide bonds. The van der Waals surface area contributed by atoms with Crippen LogP contribution in [-0.2, 0) is 6.61 Å². The predicted octanol–water partition coefficient (Wildman–Crippen LogP) is 3.31. The molecule has 0 saturated heterocycles. The van der Waals surface area contributed by atoms with Crippen LogP contribution in [0.2, 0.25) is 5.02 Å². The molecule has 16 heavy (non-hydrogen) atoms. The topological polar surface area (TPSA) is 35.0 Å². The van der Waals surface area contributed by atoms with Crippen molar-refractivity contribution in [1.82, 2.24) is 9.97 Å². The molecule has 0 fully saturated rings. The van der Waals surface area contributed by atoms with E-state index in [1.165, 1.54) is 6.33 Å². The van der Waals surface area contributed by atoms with E-state index in [9.17, 15) is 0 Å². The van der Waals surface area contributed by atoms with Gasteiger partial charge in [0.25, 0.3) is 0 Å². The van der Waals surface area contributed by atoms with E-state index in [2.05, 4.69) is 32.6 Å². The van der Waals surface area contributed by atoms with Gasteiger partial charge >= 0.3 is 0 Å². The van der Waals surface area contributed by atoms with Gasteiger partial charge in [-0.3, -0.25) is 0 Å². The average Bonchev–Trinajstić information content (AvgIpc) is 2.30. The lowest BCUT2D eigenvalue weighted by atomic mass is 10.2. The molecule has 0 spiro atoms. The Labute approximate surface area is 112 Å². The number of benzene rings is 1. The first-order chi connectivity index (χ1) is 7.75. The largest absolute Gasteiger partial charge is 0.472 e. The minimum absolute atomic E-state index is 0.476. The van der Waals surface area contributed by atoms with Gasteiger partial charge in [-0.05, 0) is 40.3 Å². The van der Waals surface area contributed by atoms with Gasteiger partial charge in [0.1, 0.15) is 12.9 Å². The van der Waals surface area contributed by atoms with Gasteiger partial charge < -0.3 is 4.74 Å². The van der Waals surface area contributed by atoms with Crippen molar-refractivity contribution in [2.24, 2.45) is 0 Å². The summed E-state index contributed by atoms with van der Waals surface area (Å²) in [5.74, 6) is 0.602. The summed E-state index contributed by atoms with van der Waals surface area (Å²) in [6.07, 6.45) is 3.18. The second kappa shape index (κ2) is 5.45. The van der Waals surface area contributed by atoms with Crippen molar-refractivity contribution in [2.45, 2.75) is 6.61 Å². The van der Waals surface area contributed by atoms with Crippen molar-refractivity contribution < 1.29 is 4.74 Å². The van der Waals surface area contributed by atoms with E-state index < -0.39 is 0 Å².